The lowest BCUT2D eigenvalue weighted by Gasteiger charge is -2.12. The number of nitrogens with one attached hydrogen (secondary N) is 2. The van der Waals surface area contributed by atoms with Gasteiger partial charge in [-0.25, -0.2) is 22.5 Å². The molecule has 3 aromatic carbocycles. The van der Waals surface area contributed by atoms with Crippen LogP contribution in [0.4, 0.5) is 4.39 Å². The standard InChI is InChI=1S/C30H28FN3O4S/c1-18-15-32-30(34-18)28-26-14-25(20-5-6-20)22(13-27(26)38-29(28)21-7-9-23(31)10-8-21)17-39(35,36)33-16-19-3-11-24(37-2)12-4-19/h3-4,7-15,20,33H,5-6,16-17H2,1-2H3,(H,32,34). The van der Waals surface area contributed by atoms with Gasteiger partial charge in [-0.1, -0.05) is 12.1 Å². The molecule has 0 radical (unpaired) electrons. The van der Waals surface area contributed by atoms with E-state index in [9.17, 15) is 12.8 Å². The minimum atomic E-state index is -3.64. The zero-order valence-corrected chi connectivity index (χ0v) is 22.4. The van der Waals surface area contributed by atoms with Gasteiger partial charge in [0, 0.05) is 29.4 Å². The van der Waals surface area contributed by atoms with Gasteiger partial charge in [-0.15, -0.1) is 0 Å². The number of aromatic amines is 1. The molecule has 200 valence electrons. The number of hydrogen-bond donors (Lipinski definition) is 2. The SMILES string of the molecule is COc1ccc(CNS(=O)(=O)Cc2cc3oc(-c4ccc(F)cc4)c(-c4ncc(C)[nH]4)c3cc2C2CC2)cc1. The number of aromatic nitrogens is 2. The molecule has 2 N–H and O–H groups in total. The Bertz CT molecular complexity index is 1750. The van der Waals surface area contributed by atoms with E-state index < -0.39 is 10.0 Å². The van der Waals surface area contributed by atoms with Crippen LogP contribution >= 0.6 is 0 Å². The molecule has 1 aliphatic carbocycles. The molecule has 7 nitrogen and oxygen atoms in total. The Morgan fingerprint density at radius 1 is 1.10 bits per heavy atom. The van der Waals surface area contributed by atoms with Crippen LogP contribution in [0.25, 0.3) is 33.7 Å². The maximum absolute atomic E-state index is 13.7. The predicted octanol–water partition coefficient (Wildman–Crippen LogP) is 6.44. The third-order valence-electron chi connectivity index (χ3n) is 7.01. The molecule has 0 saturated heterocycles. The van der Waals surface area contributed by atoms with Crippen molar-refractivity contribution in [3.63, 3.8) is 0 Å². The zero-order valence-electron chi connectivity index (χ0n) is 21.6. The van der Waals surface area contributed by atoms with E-state index in [1.807, 2.05) is 31.2 Å². The van der Waals surface area contributed by atoms with E-state index >= 15 is 0 Å². The first-order chi connectivity index (χ1) is 18.8. The van der Waals surface area contributed by atoms with Crippen LogP contribution in [0.5, 0.6) is 5.75 Å². The van der Waals surface area contributed by atoms with Gasteiger partial charge in [0.1, 0.15) is 28.7 Å². The molecule has 0 spiro atoms. The van der Waals surface area contributed by atoms with Gasteiger partial charge in [0.2, 0.25) is 10.0 Å². The second-order valence-electron chi connectivity index (χ2n) is 9.98. The molecule has 0 unspecified atom stereocenters. The van der Waals surface area contributed by atoms with E-state index in [1.165, 1.54) is 12.1 Å². The van der Waals surface area contributed by atoms with Crippen molar-refractivity contribution in [2.24, 2.45) is 0 Å². The van der Waals surface area contributed by atoms with Crippen molar-refractivity contribution in [2.75, 3.05) is 7.11 Å². The number of sulfonamides is 1. The Kier molecular flexibility index (Phi) is 6.48. The fourth-order valence-electron chi connectivity index (χ4n) is 4.87. The Morgan fingerprint density at radius 2 is 1.85 bits per heavy atom. The first-order valence-corrected chi connectivity index (χ1v) is 14.4. The van der Waals surface area contributed by atoms with Crippen LogP contribution in [-0.4, -0.2) is 25.5 Å². The van der Waals surface area contributed by atoms with Crippen molar-refractivity contribution >= 4 is 21.0 Å². The predicted molar refractivity (Wildman–Crippen MR) is 148 cm³/mol. The molecule has 9 heteroatoms. The number of methoxy groups -OCH3 is 1. The van der Waals surface area contributed by atoms with Crippen LogP contribution in [0.15, 0.2) is 71.3 Å². The van der Waals surface area contributed by atoms with E-state index in [-0.39, 0.29) is 18.1 Å². The smallest absolute Gasteiger partial charge is 0.216 e. The minimum Gasteiger partial charge on any atom is -0.497 e. The summed E-state index contributed by atoms with van der Waals surface area (Å²) in [6, 6.07) is 17.3. The van der Waals surface area contributed by atoms with Gasteiger partial charge >= 0.3 is 0 Å². The quantitative estimate of drug-likeness (QED) is 0.222. The number of benzene rings is 3. The zero-order chi connectivity index (χ0) is 27.1. The molecule has 6 rings (SSSR count). The number of rotatable bonds is 9. The number of fused-ring (bicyclic) bond motifs is 1. The van der Waals surface area contributed by atoms with E-state index in [1.54, 1.807) is 37.6 Å². The molecular weight excluding hydrogens is 517 g/mol. The van der Waals surface area contributed by atoms with E-state index in [4.69, 9.17) is 9.15 Å². The van der Waals surface area contributed by atoms with Crippen LogP contribution in [0, 0.1) is 12.7 Å². The van der Waals surface area contributed by atoms with Gasteiger partial charge in [0.05, 0.1) is 18.4 Å². The molecule has 5 aromatic rings. The van der Waals surface area contributed by atoms with Crippen LogP contribution in [0.2, 0.25) is 0 Å². The van der Waals surface area contributed by atoms with Crippen molar-refractivity contribution in [3.8, 4) is 28.5 Å². The normalized spacial score (nSPS) is 13.7. The Hall–Kier alpha value is -3.95. The average Bonchev–Trinajstić information content (AvgIpc) is 3.58. The number of imidazole rings is 1. The first-order valence-electron chi connectivity index (χ1n) is 12.8. The second kappa shape index (κ2) is 9.98. The molecule has 0 aliphatic heterocycles. The number of H-pyrrole nitrogens is 1. The van der Waals surface area contributed by atoms with Crippen LogP contribution in [-0.2, 0) is 22.3 Å². The summed E-state index contributed by atoms with van der Waals surface area (Å²) in [4.78, 5) is 7.83. The summed E-state index contributed by atoms with van der Waals surface area (Å²) in [5, 5.41) is 0.845. The number of halogens is 1. The average molecular weight is 546 g/mol. The first kappa shape index (κ1) is 25.3. The summed E-state index contributed by atoms with van der Waals surface area (Å²) < 4.78 is 54.2. The molecule has 0 amide bonds. The minimum absolute atomic E-state index is 0.160. The largest absolute Gasteiger partial charge is 0.497 e. The van der Waals surface area contributed by atoms with E-state index in [0.29, 0.717) is 40.0 Å². The summed E-state index contributed by atoms with van der Waals surface area (Å²) in [7, 11) is -2.05. The molecule has 1 saturated carbocycles. The highest BCUT2D eigenvalue weighted by atomic mass is 32.2. The summed E-state index contributed by atoms with van der Waals surface area (Å²) in [5.41, 5.74) is 5.51. The highest BCUT2D eigenvalue weighted by Crippen LogP contribution is 2.47. The summed E-state index contributed by atoms with van der Waals surface area (Å²) in [5.74, 6) is 1.72. The fourth-order valence-corrected chi connectivity index (χ4v) is 6.02. The van der Waals surface area contributed by atoms with Crippen molar-refractivity contribution in [2.45, 2.75) is 38.0 Å². The number of ether oxygens (including phenoxy) is 1. The molecule has 1 fully saturated rings. The molecular formula is C30H28FN3O4S. The number of furan rings is 1. The Labute approximate surface area is 226 Å². The number of hydrogen-bond acceptors (Lipinski definition) is 5. The van der Waals surface area contributed by atoms with Crippen molar-refractivity contribution in [3.05, 3.63) is 95.1 Å². The maximum Gasteiger partial charge on any atom is 0.216 e. The topological polar surface area (TPSA) is 97.2 Å². The van der Waals surface area contributed by atoms with E-state index in [2.05, 4.69) is 14.7 Å². The number of aryl methyl sites for hydroxylation is 1. The monoisotopic (exact) mass is 545 g/mol. The van der Waals surface area contributed by atoms with Gasteiger partial charge in [-0.2, -0.15) is 0 Å². The third kappa shape index (κ3) is 5.32. The van der Waals surface area contributed by atoms with Crippen molar-refractivity contribution in [1.82, 2.24) is 14.7 Å². The van der Waals surface area contributed by atoms with Crippen molar-refractivity contribution < 1.29 is 22.0 Å². The lowest BCUT2D eigenvalue weighted by Crippen LogP contribution is -2.25. The third-order valence-corrected chi connectivity index (χ3v) is 8.29. The highest BCUT2D eigenvalue weighted by molar-refractivity contribution is 7.88. The number of nitrogens with zero attached hydrogens (tertiary/aromatic N) is 1. The Morgan fingerprint density at radius 3 is 2.49 bits per heavy atom. The second-order valence-corrected chi connectivity index (χ2v) is 11.8. The van der Waals surface area contributed by atoms with Crippen molar-refractivity contribution in [1.29, 1.82) is 0 Å². The van der Waals surface area contributed by atoms with Crippen LogP contribution in [0.1, 0.15) is 41.1 Å². The molecule has 0 bridgehead atoms. The maximum atomic E-state index is 13.7. The summed E-state index contributed by atoms with van der Waals surface area (Å²) in [6.45, 7) is 2.11. The molecule has 2 aromatic heterocycles. The molecule has 1 aliphatic rings. The fraction of sp³-hybridized carbons (Fsp3) is 0.233. The van der Waals surface area contributed by atoms with Crippen LogP contribution < -0.4 is 9.46 Å². The van der Waals surface area contributed by atoms with Crippen LogP contribution in [0.3, 0.4) is 0 Å². The summed E-state index contributed by atoms with van der Waals surface area (Å²) >= 11 is 0. The van der Waals surface area contributed by atoms with Gasteiger partial charge in [-0.3, -0.25) is 0 Å². The lowest BCUT2D eigenvalue weighted by atomic mass is 9.98. The highest BCUT2D eigenvalue weighted by Gasteiger charge is 2.30. The lowest BCUT2D eigenvalue weighted by molar-refractivity contribution is 0.414. The van der Waals surface area contributed by atoms with Gasteiger partial charge in [0.15, 0.2) is 0 Å². The molecule has 2 heterocycles. The van der Waals surface area contributed by atoms with E-state index in [0.717, 1.165) is 40.6 Å². The van der Waals surface area contributed by atoms with Gasteiger partial charge < -0.3 is 14.1 Å². The van der Waals surface area contributed by atoms with Gasteiger partial charge in [0.25, 0.3) is 0 Å². The summed E-state index contributed by atoms with van der Waals surface area (Å²) in [6.07, 6.45) is 3.77. The van der Waals surface area contributed by atoms with Gasteiger partial charge in [-0.05, 0) is 90.9 Å². The molecule has 0 atom stereocenters. The Balaban J connectivity index is 1.39. The molecule has 39 heavy (non-hydrogen) atoms.